The number of rotatable bonds is 3. The molecule has 0 aliphatic rings. The lowest BCUT2D eigenvalue weighted by Gasteiger charge is -2.06. The summed E-state index contributed by atoms with van der Waals surface area (Å²) in [6.07, 6.45) is 0. The van der Waals surface area contributed by atoms with E-state index in [0.717, 1.165) is 10.9 Å². The molecule has 0 aliphatic carbocycles. The van der Waals surface area contributed by atoms with Gasteiger partial charge >= 0.3 is 8.03 Å². The highest BCUT2D eigenvalue weighted by Gasteiger charge is 2.32. The van der Waals surface area contributed by atoms with Crippen molar-refractivity contribution >= 4 is 21.6 Å². The Morgan fingerprint density at radius 3 is 2.29 bits per heavy atom. The van der Waals surface area contributed by atoms with Crippen LogP contribution in [-0.2, 0) is 8.78 Å². The summed E-state index contributed by atoms with van der Waals surface area (Å²) in [7, 11) is -3.38. The molecule has 0 fully saturated rings. The van der Waals surface area contributed by atoms with Crippen LogP contribution in [0, 0.1) is 6.92 Å². The first-order chi connectivity index (χ1) is 6.40. The van der Waals surface area contributed by atoms with Crippen molar-refractivity contribution in [3.63, 3.8) is 0 Å². The summed E-state index contributed by atoms with van der Waals surface area (Å²) in [5.74, 6) is 0. The Balaban J connectivity index is 2.86. The van der Waals surface area contributed by atoms with Crippen LogP contribution in [0.4, 0.5) is 0 Å². The van der Waals surface area contributed by atoms with E-state index in [9.17, 15) is 4.57 Å². The molecule has 0 saturated heterocycles. The minimum absolute atomic E-state index is 0.824. The first kappa shape index (κ1) is 11.6. The largest absolute Gasteiger partial charge is 0.537 e. The fourth-order valence-corrected chi connectivity index (χ4v) is 4.02. The summed E-state index contributed by atoms with van der Waals surface area (Å²) in [5.41, 5.74) is 1.03. The van der Waals surface area contributed by atoms with Crippen LogP contribution in [0.3, 0.4) is 0 Å². The molecular weight excluding hydrogens is 211 g/mol. The second kappa shape index (κ2) is 4.35. The van der Waals surface area contributed by atoms with Crippen molar-refractivity contribution in [1.82, 2.24) is 0 Å². The van der Waals surface area contributed by atoms with Crippen LogP contribution in [0.5, 0.6) is 0 Å². The molecule has 1 aromatic rings. The van der Waals surface area contributed by atoms with Crippen LogP contribution < -0.4 is 5.30 Å². The van der Waals surface area contributed by atoms with E-state index >= 15 is 0 Å². The predicted molar refractivity (Wildman–Crippen MR) is 62.9 cm³/mol. The molecule has 1 rings (SSSR count). The maximum absolute atomic E-state index is 11.8. The molecule has 0 radical (unpaired) electrons. The van der Waals surface area contributed by atoms with Crippen LogP contribution in [0.1, 0.15) is 5.56 Å². The molecule has 0 bridgehead atoms. The van der Waals surface area contributed by atoms with Gasteiger partial charge < -0.3 is 0 Å². The molecule has 0 heterocycles. The topological polar surface area (TPSA) is 26.3 Å². The SMILES string of the molecule is Cc1ccccc1[P+](=O)O[Si](C)(C)C. The van der Waals surface area contributed by atoms with Crippen LogP contribution in [0.15, 0.2) is 24.3 Å². The number of benzene rings is 1. The normalized spacial score (nSPS) is 12.7. The Labute approximate surface area is 87.3 Å². The highest BCUT2D eigenvalue weighted by Crippen LogP contribution is 2.28. The summed E-state index contributed by atoms with van der Waals surface area (Å²) in [6.45, 7) is 8.08. The van der Waals surface area contributed by atoms with Gasteiger partial charge in [0.1, 0.15) is 0 Å². The highest BCUT2D eigenvalue weighted by molar-refractivity contribution is 7.50. The van der Waals surface area contributed by atoms with Gasteiger partial charge in [-0.3, -0.25) is 0 Å². The lowest BCUT2D eigenvalue weighted by Crippen LogP contribution is -2.23. The van der Waals surface area contributed by atoms with Gasteiger partial charge in [0.15, 0.2) is 0 Å². The van der Waals surface area contributed by atoms with Gasteiger partial charge in [0.05, 0.1) is 0 Å². The van der Waals surface area contributed by atoms with Gasteiger partial charge in [-0.05, 0) is 37.2 Å². The Bertz CT molecular complexity index is 344. The molecule has 1 aromatic carbocycles. The Hall–Kier alpha value is -0.503. The van der Waals surface area contributed by atoms with Crippen molar-refractivity contribution in [2.24, 2.45) is 0 Å². The van der Waals surface area contributed by atoms with Crippen molar-refractivity contribution in [2.45, 2.75) is 26.6 Å². The Morgan fingerprint density at radius 1 is 1.21 bits per heavy atom. The van der Waals surface area contributed by atoms with Gasteiger partial charge in [0, 0.05) is 5.56 Å². The van der Waals surface area contributed by atoms with Crippen molar-refractivity contribution in [3.05, 3.63) is 29.8 Å². The molecule has 0 spiro atoms. The zero-order valence-corrected chi connectivity index (χ0v) is 11.0. The molecule has 2 nitrogen and oxygen atoms in total. The van der Waals surface area contributed by atoms with E-state index in [-0.39, 0.29) is 0 Å². The van der Waals surface area contributed by atoms with Crippen LogP contribution in [0.25, 0.3) is 0 Å². The molecule has 0 aromatic heterocycles. The monoisotopic (exact) mass is 227 g/mol. The van der Waals surface area contributed by atoms with Crippen molar-refractivity contribution in [3.8, 4) is 0 Å². The van der Waals surface area contributed by atoms with Crippen molar-refractivity contribution in [1.29, 1.82) is 0 Å². The van der Waals surface area contributed by atoms with E-state index < -0.39 is 16.3 Å². The van der Waals surface area contributed by atoms with Crippen LogP contribution in [0.2, 0.25) is 19.6 Å². The quantitative estimate of drug-likeness (QED) is 0.585. The third-order valence-corrected chi connectivity index (χ3v) is 5.42. The molecule has 0 N–H and O–H groups in total. The van der Waals surface area contributed by atoms with Crippen molar-refractivity contribution in [2.75, 3.05) is 0 Å². The molecule has 1 unspecified atom stereocenters. The summed E-state index contributed by atoms with van der Waals surface area (Å²) in [4.78, 5) is 0. The molecule has 76 valence electrons. The summed E-state index contributed by atoms with van der Waals surface area (Å²) < 4.78 is 17.4. The lowest BCUT2D eigenvalue weighted by molar-refractivity contribution is 0.514. The van der Waals surface area contributed by atoms with E-state index in [2.05, 4.69) is 0 Å². The predicted octanol–water partition coefficient (Wildman–Crippen LogP) is 3.21. The van der Waals surface area contributed by atoms with Gasteiger partial charge in [-0.1, -0.05) is 18.2 Å². The van der Waals surface area contributed by atoms with Gasteiger partial charge in [-0.15, -0.1) is 0 Å². The second-order valence-electron chi connectivity index (χ2n) is 4.25. The van der Waals surface area contributed by atoms with Gasteiger partial charge in [0.2, 0.25) is 5.30 Å². The highest BCUT2D eigenvalue weighted by atomic mass is 31.1. The molecule has 0 aliphatic heterocycles. The number of aryl methyl sites for hydroxylation is 1. The smallest absolute Gasteiger partial charge is 0.198 e. The first-order valence-corrected chi connectivity index (χ1v) is 9.21. The van der Waals surface area contributed by atoms with Gasteiger partial charge in [-0.2, -0.15) is 4.21 Å². The summed E-state index contributed by atoms with van der Waals surface area (Å²) in [6, 6.07) is 7.66. The second-order valence-corrected chi connectivity index (χ2v) is 10.2. The van der Waals surface area contributed by atoms with Crippen LogP contribution >= 0.6 is 8.03 Å². The number of hydrogen-bond donors (Lipinski definition) is 0. The third-order valence-electron chi connectivity index (χ3n) is 1.67. The molecular formula is C10H16O2PSi+. The minimum atomic E-state index is -1.71. The molecule has 14 heavy (non-hydrogen) atoms. The van der Waals surface area contributed by atoms with E-state index in [1.165, 1.54) is 0 Å². The fraction of sp³-hybridized carbons (Fsp3) is 0.400. The van der Waals surface area contributed by atoms with Gasteiger partial charge in [-0.25, -0.2) is 0 Å². The third kappa shape index (κ3) is 3.33. The fourth-order valence-electron chi connectivity index (χ4n) is 1.07. The zero-order chi connectivity index (χ0) is 10.8. The van der Waals surface area contributed by atoms with E-state index in [0.29, 0.717) is 0 Å². The van der Waals surface area contributed by atoms with E-state index in [1.807, 2.05) is 50.8 Å². The molecule has 0 saturated carbocycles. The standard InChI is InChI=1S/C10H16O2PSi/c1-9-7-5-6-8-10(9)13(11)12-14(2,3)4/h5-8H,1-4H3/q+1. The summed E-state index contributed by atoms with van der Waals surface area (Å²) in [5, 5.41) is 0.824. The minimum Gasteiger partial charge on any atom is -0.198 e. The molecule has 1 atom stereocenters. The van der Waals surface area contributed by atoms with E-state index in [1.54, 1.807) is 0 Å². The Kier molecular flexibility index (Phi) is 3.59. The Morgan fingerprint density at radius 2 is 1.79 bits per heavy atom. The molecule has 0 amide bonds. The zero-order valence-electron chi connectivity index (χ0n) is 9.07. The average molecular weight is 227 g/mol. The maximum Gasteiger partial charge on any atom is 0.537 e. The van der Waals surface area contributed by atoms with Crippen molar-refractivity contribution < 1.29 is 8.78 Å². The maximum atomic E-state index is 11.8. The average Bonchev–Trinajstić information content (AvgIpc) is 2.01. The van der Waals surface area contributed by atoms with Crippen LogP contribution in [-0.4, -0.2) is 8.32 Å². The van der Waals surface area contributed by atoms with E-state index in [4.69, 9.17) is 4.21 Å². The summed E-state index contributed by atoms with van der Waals surface area (Å²) >= 11 is 0. The first-order valence-electron chi connectivity index (χ1n) is 4.62. The lowest BCUT2D eigenvalue weighted by atomic mass is 10.2. The number of hydrogen-bond acceptors (Lipinski definition) is 2. The van der Waals surface area contributed by atoms with Gasteiger partial charge in [0.25, 0.3) is 8.32 Å². The molecule has 4 heteroatoms.